The Morgan fingerprint density at radius 3 is 2.62 bits per heavy atom. The predicted octanol–water partition coefficient (Wildman–Crippen LogP) is 2.37. The van der Waals surface area contributed by atoms with Gasteiger partial charge in [-0.05, 0) is 25.0 Å². The highest BCUT2D eigenvalue weighted by Crippen LogP contribution is 2.11. The first-order valence-corrected chi connectivity index (χ1v) is 3.99. The molecule has 13 heavy (non-hydrogen) atoms. The van der Waals surface area contributed by atoms with Gasteiger partial charge in [-0.1, -0.05) is 23.8 Å². The molecule has 0 saturated carbocycles. The minimum atomic E-state index is -1.49. The van der Waals surface area contributed by atoms with Crippen molar-refractivity contribution in [3.8, 4) is 0 Å². The molecule has 0 atom stereocenters. The molecule has 0 aliphatic heterocycles. The van der Waals surface area contributed by atoms with Crippen molar-refractivity contribution in [2.24, 2.45) is 0 Å². The lowest BCUT2D eigenvalue weighted by Crippen LogP contribution is -2.00. The Labute approximate surface area is 77.0 Å². The zero-order valence-corrected chi connectivity index (χ0v) is 7.66. The Morgan fingerprint density at radius 2 is 2.08 bits per heavy atom. The second-order valence-corrected chi connectivity index (χ2v) is 2.97. The van der Waals surface area contributed by atoms with E-state index in [0.29, 0.717) is 0 Å². The normalized spacial score (nSPS) is 9.69. The zero-order chi connectivity index (χ0) is 9.84. The number of carbonyl (C=O) groups excluding carboxylic acids is 1. The van der Waals surface area contributed by atoms with Crippen LogP contribution in [0.25, 0.3) is 0 Å². The average Bonchev–Trinajstić information content (AvgIpc) is 2.02. The second kappa shape index (κ2) is 3.94. The van der Waals surface area contributed by atoms with E-state index >= 15 is 0 Å². The molecule has 0 fully saturated rings. The van der Waals surface area contributed by atoms with Gasteiger partial charge in [-0.3, -0.25) is 0 Å². The monoisotopic (exact) mass is 179 g/mol. The van der Waals surface area contributed by atoms with Gasteiger partial charge < -0.3 is 4.74 Å². The Hall–Kier alpha value is -1.51. The van der Waals surface area contributed by atoms with E-state index in [1.807, 2.05) is 32.0 Å². The van der Waals surface area contributed by atoms with E-state index in [1.165, 1.54) is 0 Å². The summed E-state index contributed by atoms with van der Waals surface area (Å²) >= 11 is 0. The van der Waals surface area contributed by atoms with Crippen LogP contribution in [-0.4, -0.2) is 6.16 Å². The molecule has 0 saturated heterocycles. The minimum Gasteiger partial charge on any atom is -0.427 e. The number of rotatable bonds is 2. The summed E-state index contributed by atoms with van der Waals surface area (Å²) in [6, 6.07) is 5.75. The molecule has 0 bridgehead atoms. The molecule has 0 N–H and O–H groups in total. The molecule has 0 spiro atoms. The van der Waals surface area contributed by atoms with Crippen molar-refractivity contribution in [1.29, 1.82) is 0 Å². The molecule has 3 nitrogen and oxygen atoms in total. The van der Waals surface area contributed by atoms with Crippen molar-refractivity contribution in [2.45, 2.75) is 20.5 Å². The van der Waals surface area contributed by atoms with Gasteiger partial charge in [-0.15, -0.1) is 0 Å². The molecule has 0 unspecified atom stereocenters. The third kappa shape index (κ3) is 2.78. The van der Waals surface area contributed by atoms with Gasteiger partial charge in [0, 0.05) is 0 Å². The smallest absolute Gasteiger partial charge is 0.427 e. The Kier molecular flexibility index (Phi) is 2.90. The summed E-state index contributed by atoms with van der Waals surface area (Å²) in [5.41, 5.74) is 3.05. The molecule has 1 rings (SSSR count). The van der Waals surface area contributed by atoms with Gasteiger partial charge in [-0.2, -0.15) is 9.90 Å². The van der Waals surface area contributed by atoms with Crippen molar-refractivity contribution in [3.05, 3.63) is 34.9 Å². The Morgan fingerprint density at radius 1 is 1.38 bits per heavy atom. The maximum atomic E-state index is 10.0. The Balaban J connectivity index is 2.72. The van der Waals surface area contributed by atoms with Crippen molar-refractivity contribution in [3.63, 3.8) is 0 Å². The number of carbonyl (C=O) groups is 1. The van der Waals surface area contributed by atoms with Crippen LogP contribution in [0.15, 0.2) is 18.2 Å². The number of hydrogen-bond donors (Lipinski definition) is 0. The number of benzene rings is 1. The van der Waals surface area contributed by atoms with Crippen LogP contribution >= 0.6 is 0 Å². The number of hydrogen-bond acceptors (Lipinski definition) is 2. The molecular weight excluding hydrogens is 168 g/mol. The SMILES string of the molecule is Cc1ccc(COC([O])=O)c(C)c1. The van der Waals surface area contributed by atoms with Crippen molar-refractivity contribution in [2.75, 3.05) is 0 Å². The molecule has 1 radical (unpaired) electrons. The first-order chi connectivity index (χ1) is 6.09. The quantitative estimate of drug-likeness (QED) is 0.654. The fraction of sp³-hybridized carbons (Fsp3) is 0.300. The molecule has 0 aromatic heterocycles. The lowest BCUT2D eigenvalue weighted by atomic mass is 10.1. The molecule has 69 valence electrons. The van der Waals surface area contributed by atoms with Gasteiger partial charge in [0.15, 0.2) is 0 Å². The summed E-state index contributed by atoms with van der Waals surface area (Å²) < 4.78 is 4.35. The van der Waals surface area contributed by atoms with Crippen LogP contribution in [-0.2, 0) is 16.5 Å². The molecule has 0 aliphatic rings. The van der Waals surface area contributed by atoms with Crippen LogP contribution in [0.2, 0.25) is 0 Å². The lowest BCUT2D eigenvalue weighted by Gasteiger charge is -2.04. The molecular formula is C10H11O3. The van der Waals surface area contributed by atoms with Gasteiger partial charge in [-0.25, -0.2) is 0 Å². The van der Waals surface area contributed by atoms with E-state index in [2.05, 4.69) is 4.74 Å². The van der Waals surface area contributed by atoms with E-state index in [4.69, 9.17) is 0 Å². The van der Waals surface area contributed by atoms with Crippen LogP contribution in [0.4, 0.5) is 4.79 Å². The minimum absolute atomic E-state index is 0.0639. The van der Waals surface area contributed by atoms with E-state index in [0.717, 1.165) is 16.7 Å². The number of aryl methyl sites for hydroxylation is 2. The topological polar surface area (TPSA) is 46.2 Å². The first-order valence-electron chi connectivity index (χ1n) is 3.99. The third-order valence-electron chi connectivity index (χ3n) is 1.84. The van der Waals surface area contributed by atoms with E-state index in [1.54, 1.807) is 0 Å². The summed E-state index contributed by atoms with van der Waals surface area (Å²) in [6.45, 7) is 3.96. The average molecular weight is 179 g/mol. The van der Waals surface area contributed by atoms with E-state index < -0.39 is 6.16 Å². The van der Waals surface area contributed by atoms with E-state index in [9.17, 15) is 9.90 Å². The van der Waals surface area contributed by atoms with Crippen molar-refractivity contribution < 1.29 is 14.6 Å². The molecule has 3 heteroatoms. The number of ether oxygens (including phenoxy) is 1. The Bertz CT molecular complexity index is 318. The van der Waals surface area contributed by atoms with Crippen LogP contribution in [0.3, 0.4) is 0 Å². The van der Waals surface area contributed by atoms with Gasteiger partial charge in [0.25, 0.3) is 0 Å². The van der Waals surface area contributed by atoms with Gasteiger partial charge in [0.1, 0.15) is 6.61 Å². The molecule has 0 amide bonds. The standard InChI is InChI=1S/C10H11O3/c1-7-3-4-9(8(2)5-7)6-13-10(11)12/h3-5H,6H2,1-2H3. The van der Waals surface area contributed by atoms with Gasteiger partial charge in [0.2, 0.25) is 0 Å². The second-order valence-electron chi connectivity index (χ2n) is 2.97. The van der Waals surface area contributed by atoms with Crippen LogP contribution in [0.5, 0.6) is 0 Å². The highest BCUT2D eigenvalue weighted by atomic mass is 16.7. The van der Waals surface area contributed by atoms with Crippen LogP contribution in [0.1, 0.15) is 16.7 Å². The van der Waals surface area contributed by atoms with Crippen molar-refractivity contribution in [1.82, 2.24) is 0 Å². The van der Waals surface area contributed by atoms with Crippen molar-refractivity contribution >= 4 is 6.16 Å². The fourth-order valence-electron chi connectivity index (χ4n) is 1.14. The highest BCUT2D eigenvalue weighted by molar-refractivity contribution is 5.56. The van der Waals surface area contributed by atoms with Crippen LogP contribution in [0, 0.1) is 13.8 Å². The largest absolute Gasteiger partial charge is 0.550 e. The molecule has 1 aromatic rings. The van der Waals surface area contributed by atoms with E-state index in [-0.39, 0.29) is 6.61 Å². The maximum Gasteiger partial charge on any atom is 0.550 e. The summed E-state index contributed by atoms with van der Waals surface area (Å²) in [7, 11) is 0. The summed E-state index contributed by atoms with van der Waals surface area (Å²) in [6.07, 6.45) is -1.49. The molecule has 1 aromatic carbocycles. The molecule has 0 aliphatic carbocycles. The fourth-order valence-corrected chi connectivity index (χ4v) is 1.14. The maximum absolute atomic E-state index is 10.0. The molecule has 0 heterocycles. The lowest BCUT2D eigenvalue weighted by molar-refractivity contribution is 0.0618. The summed E-state index contributed by atoms with van der Waals surface area (Å²) in [5, 5.41) is 10.0. The first kappa shape index (κ1) is 9.58. The van der Waals surface area contributed by atoms with Gasteiger partial charge in [0.05, 0.1) is 0 Å². The third-order valence-corrected chi connectivity index (χ3v) is 1.84. The highest BCUT2D eigenvalue weighted by Gasteiger charge is 2.03. The summed E-state index contributed by atoms with van der Waals surface area (Å²) in [5.74, 6) is 0. The van der Waals surface area contributed by atoms with Crippen LogP contribution < -0.4 is 0 Å². The van der Waals surface area contributed by atoms with Gasteiger partial charge >= 0.3 is 6.16 Å². The predicted molar refractivity (Wildman–Crippen MR) is 46.8 cm³/mol. The summed E-state index contributed by atoms with van der Waals surface area (Å²) in [4.78, 5) is 10.0. The zero-order valence-electron chi connectivity index (χ0n) is 7.66.